The van der Waals surface area contributed by atoms with Crippen LogP contribution >= 0.6 is 0 Å². The second kappa shape index (κ2) is 11.5. The SMILES string of the molecule is Cc1ccc(N(c2ccc(C)cc2)c2ccc(OCC3CO3)c(N(c3ccc(C)cc3)c3ccc(C)cc3)c2)cc1. The van der Waals surface area contributed by atoms with Crippen molar-refractivity contribution in [3.05, 3.63) is 138 Å². The van der Waals surface area contributed by atoms with Crippen molar-refractivity contribution in [1.29, 1.82) is 0 Å². The van der Waals surface area contributed by atoms with Gasteiger partial charge in [-0.05, 0) is 94.4 Å². The topological polar surface area (TPSA) is 28.2 Å². The molecule has 1 fully saturated rings. The molecule has 1 atom stereocenters. The maximum atomic E-state index is 6.42. The fourth-order valence-electron chi connectivity index (χ4n) is 4.94. The van der Waals surface area contributed by atoms with E-state index in [1.165, 1.54) is 22.3 Å². The van der Waals surface area contributed by atoms with E-state index in [2.05, 4.69) is 153 Å². The smallest absolute Gasteiger partial charge is 0.143 e. The summed E-state index contributed by atoms with van der Waals surface area (Å²) < 4.78 is 11.9. The van der Waals surface area contributed by atoms with E-state index in [0.29, 0.717) is 6.61 Å². The van der Waals surface area contributed by atoms with Crippen molar-refractivity contribution < 1.29 is 9.47 Å². The lowest BCUT2D eigenvalue weighted by Gasteiger charge is -2.31. The van der Waals surface area contributed by atoms with Crippen LogP contribution in [0, 0.1) is 27.7 Å². The standard InChI is InChI=1S/C37H36N2O2/c1-26-5-13-30(14-6-26)38(31-15-7-27(2)8-16-31)34-21-22-37(41-25-35-24-40-35)36(23-34)39(32-17-9-28(3)10-18-32)33-19-11-29(4)12-20-33/h5-23,35H,24-25H2,1-4H3. The van der Waals surface area contributed by atoms with Gasteiger partial charge in [-0.2, -0.15) is 0 Å². The number of aryl methyl sites for hydroxylation is 4. The zero-order valence-electron chi connectivity index (χ0n) is 24.2. The summed E-state index contributed by atoms with van der Waals surface area (Å²) in [5, 5.41) is 0. The summed E-state index contributed by atoms with van der Waals surface area (Å²) >= 11 is 0. The number of hydrogen-bond donors (Lipinski definition) is 0. The molecule has 1 aliphatic rings. The van der Waals surface area contributed by atoms with E-state index in [0.717, 1.165) is 46.5 Å². The van der Waals surface area contributed by atoms with Crippen molar-refractivity contribution in [2.45, 2.75) is 33.8 Å². The molecule has 1 saturated heterocycles. The Balaban J connectivity index is 1.54. The van der Waals surface area contributed by atoms with Gasteiger partial charge in [-0.1, -0.05) is 70.8 Å². The first-order valence-electron chi connectivity index (χ1n) is 14.2. The van der Waals surface area contributed by atoms with E-state index >= 15 is 0 Å². The molecule has 0 spiro atoms. The normalized spacial score (nSPS) is 14.0. The van der Waals surface area contributed by atoms with Gasteiger partial charge in [0.25, 0.3) is 0 Å². The number of benzene rings is 5. The van der Waals surface area contributed by atoms with Gasteiger partial charge in [0.2, 0.25) is 0 Å². The molecule has 0 aliphatic carbocycles. The highest BCUT2D eigenvalue weighted by molar-refractivity contribution is 5.86. The highest BCUT2D eigenvalue weighted by Crippen LogP contribution is 2.45. The summed E-state index contributed by atoms with van der Waals surface area (Å²) in [5.41, 5.74) is 11.3. The van der Waals surface area contributed by atoms with Crippen molar-refractivity contribution in [2.24, 2.45) is 0 Å². The van der Waals surface area contributed by atoms with Crippen LogP contribution in [-0.4, -0.2) is 19.3 Å². The fraction of sp³-hybridized carbons (Fsp3) is 0.189. The average Bonchev–Trinajstić information content (AvgIpc) is 3.82. The Hall–Kier alpha value is -4.54. The lowest BCUT2D eigenvalue weighted by Crippen LogP contribution is -2.15. The summed E-state index contributed by atoms with van der Waals surface area (Å²) in [7, 11) is 0. The van der Waals surface area contributed by atoms with Crippen molar-refractivity contribution in [1.82, 2.24) is 0 Å². The Kier molecular flexibility index (Phi) is 7.49. The van der Waals surface area contributed by atoms with Gasteiger partial charge in [0.1, 0.15) is 18.5 Å². The molecule has 6 rings (SSSR count). The van der Waals surface area contributed by atoms with Crippen LogP contribution in [0.1, 0.15) is 22.3 Å². The monoisotopic (exact) mass is 540 g/mol. The number of hydrogen-bond acceptors (Lipinski definition) is 4. The maximum Gasteiger partial charge on any atom is 0.143 e. The van der Waals surface area contributed by atoms with Gasteiger partial charge in [-0.25, -0.2) is 0 Å². The molecule has 4 nitrogen and oxygen atoms in total. The molecular formula is C37H36N2O2. The van der Waals surface area contributed by atoms with Crippen LogP contribution in [0.4, 0.5) is 34.1 Å². The van der Waals surface area contributed by atoms with E-state index in [1.54, 1.807) is 0 Å². The third-order valence-electron chi connectivity index (χ3n) is 7.44. The van der Waals surface area contributed by atoms with E-state index in [4.69, 9.17) is 9.47 Å². The molecule has 41 heavy (non-hydrogen) atoms. The van der Waals surface area contributed by atoms with Crippen LogP contribution < -0.4 is 14.5 Å². The highest BCUT2D eigenvalue weighted by atomic mass is 16.6. The van der Waals surface area contributed by atoms with Crippen LogP contribution in [0.15, 0.2) is 115 Å². The first-order valence-corrected chi connectivity index (χ1v) is 14.2. The van der Waals surface area contributed by atoms with Gasteiger partial charge in [0.05, 0.1) is 12.3 Å². The Morgan fingerprint density at radius 1 is 0.537 bits per heavy atom. The zero-order chi connectivity index (χ0) is 28.3. The quantitative estimate of drug-likeness (QED) is 0.174. The first kappa shape index (κ1) is 26.7. The van der Waals surface area contributed by atoms with Gasteiger partial charge in [0.15, 0.2) is 0 Å². The predicted molar refractivity (Wildman–Crippen MR) is 170 cm³/mol. The molecule has 0 radical (unpaired) electrons. The molecule has 0 N–H and O–H groups in total. The highest BCUT2D eigenvalue weighted by Gasteiger charge is 2.26. The molecule has 0 bridgehead atoms. The van der Waals surface area contributed by atoms with E-state index in [-0.39, 0.29) is 6.10 Å². The van der Waals surface area contributed by atoms with Crippen molar-refractivity contribution in [2.75, 3.05) is 23.0 Å². The molecule has 206 valence electrons. The molecule has 5 aromatic carbocycles. The minimum absolute atomic E-state index is 0.159. The van der Waals surface area contributed by atoms with E-state index in [1.807, 2.05) is 0 Å². The van der Waals surface area contributed by atoms with Crippen molar-refractivity contribution in [3.63, 3.8) is 0 Å². The van der Waals surface area contributed by atoms with Gasteiger partial charge < -0.3 is 19.3 Å². The molecule has 0 saturated carbocycles. The van der Waals surface area contributed by atoms with Crippen LogP contribution in [0.3, 0.4) is 0 Å². The molecular weight excluding hydrogens is 504 g/mol. The Morgan fingerprint density at radius 3 is 1.29 bits per heavy atom. The third kappa shape index (κ3) is 6.13. The van der Waals surface area contributed by atoms with Crippen LogP contribution in [-0.2, 0) is 4.74 Å². The average molecular weight is 541 g/mol. The van der Waals surface area contributed by atoms with E-state index < -0.39 is 0 Å². The number of epoxide rings is 1. The summed E-state index contributed by atoms with van der Waals surface area (Å²) in [4.78, 5) is 4.59. The van der Waals surface area contributed by atoms with E-state index in [9.17, 15) is 0 Å². The number of anilines is 6. The molecule has 0 aromatic heterocycles. The first-order chi connectivity index (χ1) is 19.9. The van der Waals surface area contributed by atoms with Gasteiger partial charge in [0, 0.05) is 28.4 Å². The van der Waals surface area contributed by atoms with Gasteiger partial charge >= 0.3 is 0 Å². The minimum Gasteiger partial charge on any atom is -0.489 e. The third-order valence-corrected chi connectivity index (χ3v) is 7.44. The number of rotatable bonds is 9. The second-order valence-electron chi connectivity index (χ2n) is 10.9. The Labute approximate surface area is 243 Å². The van der Waals surface area contributed by atoms with Crippen LogP contribution in [0.2, 0.25) is 0 Å². The summed E-state index contributed by atoms with van der Waals surface area (Å²) in [6.45, 7) is 9.75. The molecule has 1 unspecified atom stereocenters. The molecule has 0 amide bonds. The lowest BCUT2D eigenvalue weighted by molar-refractivity contribution is 0.264. The fourth-order valence-corrected chi connectivity index (χ4v) is 4.94. The number of nitrogens with zero attached hydrogens (tertiary/aromatic N) is 2. The Morgan fingerprint density at radius 2 is 0.902 bits per heavy atom. The lowest BCUT2D eigenvalue weighted by atomic mass is 10.1. The molecule has 1 heterocycles. The molecule has 4 heteroatoms. The Bertz CT molecular complexity index is 1510. The van der Waals surface area contributed by atoms with Crippen molar-refractivity contribution in [3.8, 4) is 5.75 Å². The van der Waals surface area contributed by atoms with Gasteiger partial charge in [-0.15, -0.1) is 0 Å². The number of ether oxygens (including phenoxy) is 2. The molecule has 5 aromatic rings. The van der Waals surface area contributed by atoms with Crippen molar-refractivity contribution >= 4 is 34.1 Å². The predicted octanol–water partition coefficient (Wildman–Crippen LogP) is 9.64. The zero-order valence-corrected chi connectivity index (χ0v) is 24.2. The summed E-state index contributed by atoms with van der Waals surface area (Å²) in [5.74, 6) is 0.818. The summed E-state index contributed by atoms with van der Waals surface area (Å²) in [6, 6.07) is 41.2. The minimum atomic E-state index is 0.159. The second-order valence-corrected chi connectivity index (χ2v) is 10.9. The van der Waals surface area contributed by atoms with Crippen LogP contribution in [0.5, 0.6) is 5.75 Å². The maximum absolute atomic E-state index is 6.42. The largest absolute Gasteiger partial charge is 0.489 e. The van der Waals surface area contributed by atoms with Gasteiger partial charge in [-0.3, -0.25) is 0 Å². The molecule has 1 aliphatic heterocycles. The summed E-state index contributed by atoms with van der Waals surface area (Å²) in [6.07, 6.45) is 0.159. The van der Waals surface area contributed by atoms with Crippen LogP contribution in [0.25, 0.3) is 0 Å².